The van der Waals surface area contributed by atoms with Gasteiger partial charge in [0.15, 0.2) is 5.82 Å². The molecule has 1 unspecified atom stereocenters. The van der Waals surface area contributed by atoms with Gasteiger partial charge in [-0.3, -0.25) is 4.79 Å². The molecule has 26 heavy (non-hydrogen) atoms. The number of hydrogen-bond acceptors (Lipinski definition) is 5. The van der Waals surface area contributed by atoms with Gasteiger partial charge in [-0.25, -0.2) is 0 Å². The Balaban J connectivity index is 1.77. The molecule has 4 rings (SSSR count). The number of rotatable bonds is 4. The summed E-state index contributed by atoms with van der Waals surface area (Å²) in [6.45, 7) is 1.15. The molecule has 0 aliphatic carbocycles. The van der Waals surface area contributed by atoms with Gasteiger partial charge >= 0.3 is 5.97 Å². The average molecular weight is 349 g/mol. The lowest BCUT2D eigenvalue weighted by atomic mass is 10.0. The highest BCUT2D eigenvalue weighted by Gasteiger charge is 2.30. The van der Waals surface area contributed by atoms with E-state index in [1.165, 1.54) is 0 Å². The summed E-state index contributed by atoms with van der Waals surface area (Å²) in [6.07, 6.45) is 0.631. The molecule has 0 saturated carbocycles. The average Bonchev–Trinajstić information content (AvgIpc) is 3.17. The summed E-state index contributed by atoms with van der Waals surface area (Å²) in [5, 5.41) is 20.2. The van der Waals surface area contributed by atoms with Gasteiger partial charge in [0.2, 0.25) is 0 Å². The second kappa shape index (κ2) is 6.63. The van der Waals surface area contributed by atoms with Gasteiger partial charge < -0.3 is 14.7 Å². The molecule has 6 nitrogen and oxygen atoms in total. The summed E-state index contributed by atoms with van der Waals surface area (Å²) >= 11 is 0. The van der Waals surface area contributed by atoms with Crippen LogP contribution >= 0.6 is 0 Å². The number of aromatic nitrogens is 2. The molecule has 0 radical (unpaired) electrons. The molecule has 1 aliphatic heterocycles. The fourth-order valence-electron chi connectivity index (χ4n) is 3.44. The van der Waals surface area contributed by atoms with Crippen LogP contribution in [0.2, 0.25) is 0 Å². The van der Waals surface area contributed by atoms with Crippen molar-refractivity contribution in [3.8, 4) is 17.0 Å². The summed E-state index contributed by atoms with van der Waals surface area (Å²) < 4.78 is 5.22. The van der Waals surface area contributed by atoms with Gasteiger partial charge in [-0.05, 0) is 30.7 Å². The Morgan fingerprint density at radius 2 is 1.85 bits per heavy atom. The second-order valence-electron chi connectivity index (χ2n) is 6.42. The monoisotopic (exact) mass is 349 g/mol. The van der Waals surface area contributed by atoms with E-state index >= 15 is 0 Å². The summed E-state index contributed by atoms with van der Waals surface area (Å²) in [6, 6.07) is 15.7. The molecule has 1 aromatic heterocycles. The highest BCUT2D eigenvalue weighted by Crippen LogP contribution is 2.34. The zero-order valence-corrected chi connectivity index (χ0v) is 14.4. The van der Waals surface area contributed by atoms with E-state index in [1.807, 2.05) is 53.4 Å². The zero-order chi connectivity index (χ0) is 18.1. The molecule has 1 N–H and O–H groups in total. The Hall–Kier alpha value is -3.15. The Labute approximate surface area is 151 Å². The fourth-order valence-corrected chi connectivity index (χ4v) is 3.44. The number of benzene rings is 2. The highest BCUT2D eigenvalue weighted by atomic mass is 16.5. The van der Waals surface area contributed by atoms with Crippen LogP contribution in [-0.2, 0) is 4.79 Å². The van der Waals surface area contributed by atoms with Crippen LogP contribution in [0.25, 0.3) is 22.0 Å². The van der Waals surface area contributed by atoms with Crippen molar-refractivity contribution in [2.24, 2.45) is 5.92 Å². The number of ether oxygens (including phenoxy) is 1. The van der Waals surface area contributed by atoms with Crippen LogP contribution in [0.3, 0.4) is 0 Å². The van der Waals surface area contributed by atoms with Crippen molar-refractivity contribution in [2.45, 2.75) is 6.42 Å². The molecule has 2 aromatic carbocycles. The molecular weight excluding hydrogens is 330 g/mol. The maximum absolute atomic E-state index is 11.3. The maximum atomic E-state index is 11.3. The summed E-state index contributed by atoms with van der Waals surface area (Å²) in [5.74, 6) is 0.442. The van der Waals surface area contributed by atoms with E-state index in [2.05, 4.69) is 10.2 Å². The van der Waals surface area contributed by atoms with E-state index in [0.717, 1.165) is 33.6 Å². The molecule has 2 heterocycles. The molecule has 3 aromatic rings. The summed E-state index contributed by atoms with van der Waals surface area (Å²) in [4.78, 5) is 13.3. The molecule has 0 bridgehead atoms. The number of aliphatic carboxylic acids is 1. The molecule has 1 saturated heterocycles. The van der Waals surface area contributed by atoms with Crippen LogP contribution in [0.5, 0.6) is 5.75 Å². The van der Waals surface area contributed by atoms with Crippen LogP contribution in [0.4, 0.5) is 5.82 Å². The Morgan fingerprint density at radius 3 is 2.50 bits per heavy atom. The van der Waals surface area contributed by atoms with Crippen LogP contribution in [0, 0.1) is 5.92 Å². The predicted octanol–water partition coefficient (Wildman–Crippen LogP) is 3.22. The molecule has 0 spiro atoms. The minimum Gasteiger partial charge on any atom is -0.497 e. The van der Waals surface area contributed by atoms with Gasteiger partial charge in [-0.15, -0.1) is 10.2 Å². The lowest BCUT2D eigenvalue weighted by Crippen LogP contribution is -2.24. The number of anilines is 1. The van der Waals surface area contributed by atoms with Crippen molar-refractivity contribution in [1.29, 1.82) is 0 Å². The molecular formula is C20H19N3O3. The third-order valence-electron chi connectivity index (χ3n) is 4.87. The van der Waals surface area contributed by atoms with Crippen molar-refractivity contribution < 1.29 is 14.6 Å². The SMILES string of the molecule is COc1ccc(-c2nnc(N3CCC(C(=O)O)C3)c3ccccc23)cc1. The van der Waals surface area contributed by atoms with E-state index in [4.69, 9.17) is 4.74 Å². The van der Waals surface area contributed by atoms with E-state index in [-0.39, 0.29) is 5.92 Å². The van der Waals surface area contributed by atoms with E-state index < -0.39 is 5.97 Å². The summed E-state index contributed by atoms with van der Waals surface area (Å²) in [7, 11) is 1.64. The molecule has 6 heteroatoms. The summed E-state index contributed by atoms with van der Waals surface area (Å²) in [5.41, 5.74) is 1.77. The second-order valence-corrected chi connectivity index (χ2v) is 6.42. The lowest BCUT2D eigenvalue weighted by molar-refractivity contribution is -0.140. The third kappa shape index (κ3) is 2.83. The van der Waals surface area contributed by atoms with Crippen molar-refractivity contribution >= 4 is 22.6 Å². The van der Waals surface area contributed by atoms with Crippen molar-refractivity contribution in [2.75, 3.05) is 25.1 Å². The third-order valence-corrected chi connectivity index (χ3v) is 4.87. The number of nitrogens with zero attached hydrogens (tertiary/aromatic N) is 3. The maximum Gasteiger partial charge on any atom is 0.308 e. The van der Waals surface area contributed by atoms with Crippen molar-refractivity contribution in [3.05, 3.63) is 48.5 Å². The number of methoxy groups -OCH3 is 1. The Bertz CT molecular complexity index is 956. The van der Waals surface area contributed by atoms with Crippen molar-refractivity contribution in [3.63, 3.8) is 0 Å². The Kier molecular flexibility index (Phi) is 4.16. The first kappa shape index (κ1) is 16.3. The van der Waals surface area contributed by atoms with Crippen molar-refractivity contribution in [1.82, 2.24) is 10.2 Å². The smallest absolute Gasteiger partial charge is 0.308 e. The van der Waals surface area contributed by atoms with Gasteiger partial charge in [-0.1, -0.05) is 24.3 Å². The van der Waals surface area contributed by atoms with Gasteiger partial charge in [0.05, 0.1) is 13.0 Å². The largest absolute Gasteiger partial charge is 0.497 e. The van der Waals surface area contributed by atoms with E-state index in [0.29, 0.717) is 19.5 Å². The lowest BCUT2D eigenvalue weighted by Gasteiger charge is -2.19. The van der Waals surface area contributed by atoms with Crippen LogP contribution in [0.15, 0.2) is 48.5 Å². The molecule has 132 valence electrons. The van der Waals surface area contributed by atoms with Crippen LogP contribution in [0.1, 0.15) is 6.42 Å². The molecule has 1 fully saturated rings. The van der Waals surface area contributed by atoms with Crippen LogP contribution < -0.4 is 9.64 Å². The minimum absolute atomic E-state index is 0.350. The van der Waals surface area contributed by atoms with Gasteiger partial charge in [0, 0.05) is 29.4 Å². The standard InChI is InChI=1S/C20H19N3O3/c1-26-15-8-6-13(7-9-15)18-16-4-2-3-5-17(16)19(22-21-18)23-11-10-14(12-23)20(24)25/h2-9,14H,10-12H2,1H3,(H,24,25). The first-order valence-electron chi connectivity index (χ1n) is 8.55. The minimum atomic E-state index is -0.750. The van der Waals surface area contributed by atoms with Crippen LogP contribution in [-0.4, -0.2) is 41.5 Å². The van der Waals surface area contributed by atoms with E-state index in [9.17, 15) is 9.90 Å². The fraction of sp³-hybridized carbons (Fsp3) is 0.250. The van der Waals surface area contributed by atoms with Gasteiger partial charge in [0.1, 0.15) is 11.4 Å². The number of hydrogen-bond donors (Lipinski definition) is 1. The number of fused-ring (bicyclic) bond motifs is 1. The van der Waals surface area contributed by atoms with E-state index in [1.54, 1.807) is 7.11 Å². The molecule has 1 atom stereocenters. The topological polar surface area (TPSA) is 75.6 Å². The van der Waals surface area contributed by atoms with Gasteiger partial charge in [0.25, 0.3) is 0 Å². The first-order valence-corrected chi connectivity index (χ1v) is 8.55. The Morgan fingerprint density at radius 1 is 1.12 bits per heavy atom. The first-order chi connectivity index (χ1) is 12.7. The normalized spacial score (nSPS) is 16.8. The quantitative estimate of drug-likeness (QED) is 0.779. The number of carbonyl (C=O) groups is 1. The molecule has 1 aliphatic rings. The number of carboxylic acids is 1. The molecule has 0 amide bonds. The predicted molar refractivity (Wildman–Crippen MR) is 99.5 cm³/mol. The number of carboxylic acid groups (broad SMARTS) is 1. The highest BCUT2D eigenvalue weighted by molar-refractivity contribution is 6.00. The van der Waals surface area contributed by atoms with Gasteiger partial charge in [-0.2, -0.15) is 0 Å². The zero-order valence-electron chi connectivity index (χ0n) is 14.4.